The molecule has 7 heteroatoms. The van der Waals surface area contributed by atoms with E-state index in [0.717, 1.165) is 19.4 Å². The molecule has 0 rings (SSSR count). The van der Waals surface area contributed by atoms with Gasteiger partial charge in [0, 0.05) is 19.3 Å². The van der Waals surface area contributed by atoms with Crippen LogP contribution < -0.4 is 0 Å². The van der Waals surface area contributed by atoms with Gasteiger partial charge in [0.15, 0.2) is 0 Å². The van der Waals surface area contributed by atoms with Crippen molar-refractivity contribution in [3.05, 3.63) is 0 Å². The van der Waals surface area contributed by atoms with E-state index in [1.54, 1.807) is 0 Å². The summed E-state index contributed by atoms with van der Waals surface area (Å²) < 4.78 is 35.5. The molecule has 0 aromatic rings. The summed E-state index contributed by atoms with van der Waals surface area (Å²) in [5.74, 6) is -0.376. The topological polar surface area (TPSA) is 80.7 Å². The lowest BCUT2D eigenvalue weighted by Gasteiger charge is -2.29. The Morgan fingerprint density at radius 3 is 2.32 bits per heavy atom. The summed E-state index contributed by atoms with van der Waals surface area (Å²) in [5.41, 5.74) is 0. The van der Waals surface area contributed by atoms with Crippen molar-refractivity contribution in [1.29, 1.82) is 0 Å². The molecule has 114 valence electrons. The maximum atomic E-state index is 11.1. The summed E-state index contributed by atoms with van der Waals surface area (Å²) in [6.45, 7) is 3.78. The van der Waals surface area contributed by atoms with Crippen LogP contribution in [-0.2, 0) is 19.6 Å². The first-order chi connectivity index (χ1) is 8.66. The van der Waals surface area contributed by atoms with Crippen LogP contribution in [0.15, 0.2) is 0 Å². The van der Waals surface area contributed by atoms with Crippen molar-refractivity contribution in [2.45, 2.75) is 32.6 Å². The van der Waals surface area contributed by atoms with Gasteiger partial charge in [0.1, 0.15) is 0 Å². The number of carbonyl (C=O) groups excluding carboxylic acids is 1. The molecule has 0 atom stereocenters. The quantitative estimate of drug-likeness (QED) is 0.282. The van der Waals surface area contributed by atoms with Gasteiger partial charge in [0.05, 0.1) is 39.5 Å². The minimum Gasteiger partial charge on any atom is -0.465 e. The summed E-state index contributed by atoms with van der Waals surface area (Å²) >= 11 is 0. The van der Waals surface area contributed by atoms with Crippen LogP contribution in [-0.4, -0.2) is 63.0 Å². The summed E-state index contributed by atoms with van der Waals surface area (Å²) in [5, 5.41) is 0. The molecule has 6 nitrogen and oxygen atoms in total. The van der Waals surface area contributed by atoms with E-state index in [1.807, 2.05) is 21.0 Å². The zero-order valence-electron chi connectivity index (χ0n) is 12.1. The Morgan fingerprint density at radius 1 is 1.21 bits per heavy atom. The van der Waals surface area contributed by atoms with E-state index in [2.05, 4.69) is 0 Å². The molecule has 0 aliphatic carbocycles. The molecule has 0 radical (unpaired) electrons. The van der Waals surface area contributed by atoms with Crippen LogP contribution in [0.4, 0.5) is 0 Å². The molecule has 0 aliphatic rings. The third-order valence-electron chi connectivity index (χ3n) is 2.79. The number of hydrogen-bond acceptors (Lipinski definition) is 4. The molecule has 0 saturated heterocycles. The largest absolute Gasteiger partial charge is 0.465 e. The van der Waals surface area contributed by atoms with Crippen molar-refractivity contribution < 1.29 is 27.0 Å². The van der Waals surface area contributed by atoms with Crippen molar-refractivity contribution in [2.24, 2.45) is 0 Å². The average molecular weight is 296 g/mol. The third kappa shape index (κ3) is 12.1. The molecule has 0 spiro atoms. The number of esters is 1. The van der Waals surface area contributed by atoms with Crippen LogP contribution in [0, 0.1) is 0 Å². The number of carbonyl (C=O) groups is 1. The lowest BCUT2D eigenvalue weighted by Crippen LogP contribution is -2.42. The molecule has 0 saturated carbocycles. The fourth-order valence-electron chi connectivity index (χ4n) is 1.74. The lowest BCUT2D eigenvalue weighted by atomic mass is 10.3. The van der Waals surface area contributed by atoms with Crippen molar-refractivity contribution in [3.63, 3.8) is 0 Å². The van der Waals surface area contributed by atoms with Crippen molar-refractivity contribution in [1.82, 2.24) is 0 Å². The first-order valence-corrected chi connectivity index (χ1v) is 8.20. The molecule has 0 amide bonds. The van der Waals surface area contributed by atoms with Gasteiger partial charge in [-0.3, -0.25) is 9.35 Å². The second-order valence-corrected chi connectivity index (χ2v) is 6.92. The van der Waals surface area contributed by atoms with E-state index in [9.17, 15) is 13.2 Å². The summed E-state index contributed by atoms with van der Waals surface area (Å²) in [6, 6.07) is 0. The van der Waals surface area contributed by atoms with Crippen LogP contribution in [0.3, 0.4) is 0 Å². The number of nitrogens with zero attached hydrogens (tertiary/aromatic N) is 1. The fourth-order valence-corrected chi connectivity index (χ4v) is 2.24. The Labute approximate surface area is 116 Å². The van der Waals surface area contributed by atoms with Crippen LogP contribution in [0.25, 0.3) is 0 Å². The SMILES string of the molecule is CCCC(=O)OCCC[N+](C)(C)CCCS(=O)(=O)O. The predicted octanol–water partition coefficient (Wildman–Crippen LogP) is 1.07. The predicted molar refractivity (Wildman–Crippen MR) is 73.4 cm³/mol. The van der Waals surface area contributed by atoms with E-state index >= 15 is 0 Å². The van der Waals surface area contributed by atoms with Crippen LogP contribution >= 0.6 is 0 Å². The maximum absolute atomic E-state index is 11.1. The zero-order valence-corrected chi connectivity index (χ0v) is 12.9. The van der Waals surface area contributed by atoms with Gasteiger partial charge in [-0.25, -0.2) is 0 Å². The van der Waals surface area contributed by atoms with Crippen molar-refractivity contribution in [3.8, 4) is 0 Å². The Morgan fingerprint density at radius 2 is 1.79 bits per heavy atom. The van der Waals surface area contributed by atoms with Crippen LogP contribution in [0.5, 0.6) is 0 Å². The zero-order chi connectivity index (χ0) is 14.9. The standard InChI is InChI=1S/C12H25NO5S/c1-4-7-12(14)18-10-5-8-13(2,3)9-6-11-19(15,16)17/h4-11H2,1-3H3/p+1. The fraction of sp³-hybridized carbons (Fsp3) is 0.917. The van der Waals surface area contributed by atoms with Crippen LogP contribution in [0.1, 0.15) is 32.6 Å². The number of quaternary nitrogens is 1. The number of rotatable bonds is 10. The van der Waals surface area contributed by atoms with Gasteiger partial charge in [0.25, 0.3) is 10.1 Å². The number of hydrogen-bond donors (Lipinski definition) is 1. The van der Waals surface area contributed by atoms with Gasteiger partial charge in [-0.05, 0) is 6.42 Å². The molecule has 0 fully saturated rings. The molecule has 0 heterocycles. The van der Waals surface area contributed by atoms with Crippen molar-refractivity contribution in [2.75, 3.05) is 39.5 Å². The Bertz CT molecular complexity index is 364. The molecule has 0 aromatic heterocycles. The van der Waals surface area contributed by atoms with Gasteiger partial charge >= 0.3 is 5.97 Å². The molecule has 0 aliphatic heterocycles. The normalized spacial score (nSPS) is 12.4. The van der Waals surface area contributed by atoms with Crippen molar-refractivity contribution >= 4 is 16.1 Å². The third-order valence-corrected chi connectivity index (χ3v) is 3.60. The molecule has 19 heavy (non-hydrogen) atoms. The molecule has 0 aromatic carbocycles. The minimum absolute atomic E-state index is 0.167. The number of ether oxygens (including phenoxy) is 1. The van der Waals surface area contributed by atoms with E-state index in [0.29, 0.717) is 30.5 Å². The van der Waals surface area contributed by atoms with Crippen LogP contribution in [0.2, 0.25) is 0 Å². The second kappa shape index (κ2) is 8.50. The molecule has 1 N–H and O–H groups in total. The highest BCUT2D eigenvalue weighted by molar-refractivity contribution is 7.85. The van der Waals surface area contributed by atoms with E-state index < -0.39 is 10.1 Å². The maximum Gasteiger partial charge on any atom is 0.305 e. The van der Waals surface area contributed by atoms with Gasteiger partial charge in [-0.15, -0.1) is 0 Å². The monoisotopic (exact) mass is 296 g/mol. The van der Waals surface area contributed by atoms with Gasteiger partial charge in [-0.2, -0.15) is 8.42 Å². The van der Waals surface area contributed by atoms with E-state index in [4.69, 9.17) is 9.29 Å². The Hall–Kier alpha value is -0.660. The second-order valence-electron chi connectivity index (χ2n) is 5.35. The highest BCUT2D eigenvalue weighted by atomic mass is 32.2. The highest BCUT2D eigenvalue weighted by Gasteiger charge is 2.16. The Kier molecular flexibility index (Phi) is 8.20. The first-order valence-electron chi connectivity index (χ1n) is 6.59. The highest BCUT2D eigenvalue weighted by Crippen LogP contribution is 2.03. The van der Waals surface area contributed by atoms with Gasteiger partial charge in [0.2, 0.25) is 0 Å². The smallest absolute Gasteiger partial charge is 0.305 e. The van der Waals surface area contributed by atoms with E-state index in [1.165, 1.54) is 0 Å². The minimum atomic E-state index is -3.87. The molecular weight excluding hydrogens is 270 g/mol. The van der Waals surface area contributed by atoms with Gasteiger partial charge < -0.3 is 9.22 Å². The molecular formula is C12H26NO5S+. The first kappa shape index (κ1) is 18.3. The molecule has 0 unspecified atom stereocenters. The average Bonchev–Trinajstić information content (AvgIpc) is 2.22. The van der Waals surface area contributed by atoms with Gasteiger partial charge in [-0.1, -0.05) is 6.92 Å². The summed E-state index contributed by atoms with van der Waals surface area (Å²) in [7, 11) is 0.0993. The van der Waals surface area contributed by atoms with E-state index in [-0.39, 0.29) is 11.7 Å². The summed E-state index contributed by atoms with van der Waals surface area (Å²) in [4.78, 5) is 11.1. The summed E-state index contributed by atoms with van der Waals surface area (Å²) in [6.07, 6.45) is 2.40. The molecule has 0 bridgehead atoms. The Balaban J connectivity index is 3.76. The lowest BCUT2D eigenvalue weighted by molar-refractivity contribution is -0.890.